The number of nitrogens with one attached hydrogen (secondary N) is 1. The summed E-state index contributed by atoms with van der Waals surface area (Å²) in [6, 6.07) is 7.08. The Morgan fingerprint density at radius 1 is 1.31 bits per heavy atom. The molecule has 2 rings (SSSR count). The molecule has 0 spiro atoms. The Kier molecular flexibility index (Phi) is 7.15. The number of hydrogen-bond acceptors (Lipinski definition) is 5. The van der Waals surface area contributed by atoms with Crippen molar-refractivity contribution in [2.24, 2.45) is 5.92 Å². The van der Waals surface area contributed by atoms with Gasteiger partial charge in [0, 0.05) is 11.1 Å². The van der Waals surface area contributed by atoms with Crippen LogP contribution in [0.25, 0.3) is 0 Å². The van der Waals surface area contributed by atoms with Crippen molar-refractivity contribution in [3.8, 4) is 0 Å². The molecule has 1 N–H and O–H groups in total. The fraction of sp³-hybridized carbons (Fsp3) is 0.444. The first-order valence-corrected chi connectivity index (χ1v) is 8.88. The molecule has 1 amide bonds. The molecule has 0 radical (unpaired) electrons. The van der Waals surface area contributed by atoms with Gasteiger partial charge in [-0.05, 0) is 24.5 Å². The van der Waals surface area contributed by atoms with E-state index in [9.17, 15) is 9.59 Å². The summed E-state index contributed by atoms with van der Waals surface area (Å²) in [6.45, 7) is 6.33. The van der Waals surface area contributed by atoms with Gasteiger partial charge in [-0.15, -0.1) is 5.10 Å². The highest BCUT2D eigenvalue weighted by Gasteiger charge is 2.22. The van der Waals surface area contributed by atoms with E-state index in [1.54, 1.807) is 23.9 Å². The molecule has 1 aromatic carbocycles. The summed E-state index contributed by atoms with van der Waals surface area (Å²) < 4.78 is 6.50. The molecule has 1 unspecified atom stereocenters. The van der Waals surface area contributed by atoms with Gasteiger partial charge >= 0.3 is 5.97 Å². The van der Waals surface area contributed by atoms with Gasteiger partial charge in [0.15, 0.2) is 5.69 Å². The Labute approximate surface area is 157 Å². The third-order valence-electron chi connectivity index (χ3n) is 3.87. The maximum atomic E-state index is 12.4. The number of carbonyl (C=O) groups is 2. The number of nitrogens with zero attached hydrogens (tertiary/aromatic N) is 3. The Morgan fingerprint density at radius 2 is 2.04 bits per heavy atom. The third-order valence-corrected chi connectivity index (χ3v) is 4.24. The van der Waals surface area contributed by atoms with E-state index in [0.717, 1.165) is 5.56 Å². The average molecular weight is 379 g/mol. The molecule has 0 saturated heterocycles. The maximum absolute atomic E-state index is 12.4. The van der Waals surface area contributed by atoms with Gasteiger partial charge in [-0.1, -0.05) is 48.9 Å². The highest BCUT2D eigenvalue weighted by Crippen LogP contribution is 2.16. The number of aromatic nitrogens is 3. The SMILES string of the molecule is CCOC(=O)CC(NC(=O)c1cn(Cc2ccccc2Cl)nn1)C(C)C. The summed E-state index contributed by atoms with van der Waals surface area (Å²) in [5.41, 5.74) is 1.07. The smallest absolute Gasteiger partial charge is 0.307 e. The number of amides is 1. The van der Waals surface area contributed by atoms with E-state index in [2.05, 4.69) is 15.6 Å². The Balaban J connectivity index is 2.01. The Bertz CT molecular complexity index is 760. The molecular weight excluding hydrogens is 356 g/mol. The normalized spacial score (nSPS) is 12.0. The lowest BCUT2D eigenvalue weighted by Crippen LogP contribution is -2.40. The summed E-state index contributed by atoms with van der Waals surface area (Å²) in [5, 5.41) is 11.3. The predicted octanol–water partition coefficient (Wildman–Crippen LogP) is 2.69. The lowest BCUT2D eigenvalue weighted by molar-refractivity contribution is -0.143. The van der Waals surface area contributed by atoms with Gasteiger partial charge in [0.25, 0.3) is 5.91 Å². The van der Waals surface area contributed by atoms with E-state index in [4.69, 9.17) is 16.3 Å². The molecule has 1 aromatic heterocycles. The van der Waals surface area contributed by atoms with Crippen molar-refractivity contribution in [3.63, 3.8) is 0 Å². The average Bonchev–Trinajstić information content (AvgIpc) is 3.05. The van der Waals surface area contributed by atoms with Crippen LogP contribution in [0.4, 0.5) is 0 Å². The van der Waals surface area contributed by atoms with Crippen LogP contribution in [-0.4, -0.2) is 39.5 Å². The monoisotopic (exact) mass is 378 g/mol. The van der Waals surface area contributed by atoms with Gasteiger partial charge in [-0.2, -0.15) is 0 Å². The molecule has 0 saturated carbocycles. The number of hydrogen-bond donors (Lipinski definition) is 1. The van der Waals surface area contributed by atoms with Crippen molar-refractivity contribution >= 4 is 23.5 Å². The Morgan fingerprint density at radius 3 is 2.69 bits per heavy atom. The van der Waals surface area contributed by atoms with E-state index >= 15 is 0 Å². The summed E-state index contributed by atoms with van der Waals surface area (Å²) in [6.07, 6.45) is 1.67. The minimum atomic E-state index is -0.376. The van der Waals surface area contributed by atoms with E-state index in [0.29, 0.717) is 18.2 Å². The highest BCUT2D eigenvalue weighted by molar-refractivity contribution is 6.31. The number of halogens is 1. The molecule has 2 aromatic rings. The van der Waals surface area contributed by atoms with Crippen molar-refractivity contribution < 1.29 is 14.3 Å². The van der Waals surface area contributed by atoms with Crippen molar-refractivity contribution in [1.82, 2.24) is 20.3 Å². The van der Waals surface area contributed by atoms with Crippen LogP contribution in [0.1, 0.15) is 43.2 Å². The highest BCUT2D eigenvalue weighted by atomic mass is 35.5. The second-order valence-electron chi connectivity index (χ2n) is 6.23. The minimum absolute atomic E-state index is 0.0709. The summed E-state index contributed by atoms with van der Waals surface area (Å²) in [4.78, 5) is 24.1. The summed E-state index contributed by atoms with van der Waals surface area (Å²) in [5.74, 6) is -0.645. The molecule has 7 nitrogen and oxygen atoms in total. The number of benzene rings is 1. The fourth-order valence-electron chi connectivity index (χ4n) is 2.38. The predicted molar refractivity (Wildman–Crippen MR) is 97.9 cm³/mol. The standard InChI is InChI=1S/C18H23ClN4O3/c1-4-26-17(24)9-15(12(2)3)20-18(25)16-11-23(22-21-16)10-13-7-5-6-8-14(13)19/h5-8,11-12,15H,4,9-10H2,1-3H3,(H,20,25). The molecule has 0 aliphatic carbocycles. The van der Waals surface area contributed by atoms with Gasteiger partial charge in [0.2, 0.25) is 0 Å². The molecule has 26 heavy (non-hydrogen) atoms. The van der Waals surface area contributed by atoms with Crippen molar-refractivity contribution in [1.29, 1.82) is 0 Å². The van der Waals surface area contributed by atoms with Crippen LogP contribution in [0.5, 0.6) is 0 Å². The first-order valence-electron chi connectivity index (χ1n) is 8.50. The van der Waals surface area contributed by atoms with Crippen molar-refractivity contribution in [2.45, 2.75) is 39.8 Å². The number of ether oxygens (including phenoxy) is 1. The van der Waals surface area contributed by atoms with E-state index in [1.165, 1.54) is 0 Å². The van der Waals surface area contributed by atoms with Crippen LogP contribution in [0, 0.1) is 5.92 Å². The molecule has 0 bridgehead atoms. The first kappa shape index (κ1) is 19.9. The molecule has 1 heterocycles. The molecule has 1 atom stereocenters. The van der Waals surface area contributed by atoms with E-state index in [-0.39, 0.29) is 36.0 Å². The molecule has 0 aliphatic rings. The number of carbonyl (C=O) groups excluding carboxylic acids is 2. The van der Waals surface area contributed by atoms with Crippen molar-refractivity contribution in [2.75, 3.05) is 6.61 Å². The van der Waals surface area contributed by atoms with E-state index in [1.807, 2.05) is 32.0 Å². The fourth-order valence-corrected chi connectivity index (χ4v) is 2.57. The van der Waals surface area contributed by atoms with Crippen molar-refractivity contribution in [3.05, 3.63) is 46.7 Å². The van der Waals surface area contributed by atoms with Gasteiger partial charge in [-0.25, -0.2) is 4.68 Å². The van der Waals surface area contributed by atoms with Crippen LogP contribution in [0.3, 0.4) is 0 Å². The second kappa shape index (κ2) is 9.33. The minimum Gasteiger partial charge on any atom is -0.466 e. The topological polar surface area (TPSA) is 86.1 Å². The van der Waals surface area contributed by atoms with Gasteiger partial charge in [0.05, 0.1) is 25.8 Å². The lowest BCUT2D eigenvalue weighted by Gasteiger charge is -2.20. The van der Waals surface area contributed by atoms with Crippen LogP contribution in [-0.2, 0) is 16.1 Å². The van der Waals surface area contributed by atoms with E-state index < -0.39 is 0 Å². The second-order valence-corrected chi connectivity index (χ2v) is 6.63. The van der Waals surface area contributed by atoms with Crippen LogP contribution in [0.15, 0.2) is 30.5 Å². The molecular formula is C18H23ClN4O3. The summed E-state index contributed by atoms with van der Waals surface area (Å²) >= 11 is 6.14. The van der Waals surface area contributed by atoms with Gasteiger partial charge in [-0.3, -0.25) is 9.59 Å². The van der Waals surface area contributed by atoms with Crippen LogP contribution >= 0.6 is 11.6 Å². The molecule has 140 valence electrons. The number of rotatable bonds is 8. The lowest BCUT2D eigenvalue weighted by atomic mass is 10.0. The zero-order valence-electron chi connectivity index (χ0n) is 15.1. The molecule has 8 heteroatoms. The zero-order chi connectivity index (χ0) is 19.1. The molecule has 0 aliphatic heterocycles. The quantitative estimate of drug-likeness (QED) is 0.714. The third kappa shape index (κ3) is 5.56. The summed E-state index contributed by atoms with van der Waals surface area (Å²) in [7, 11) is 0. The molecule has 0 fully saturated rings. The van der Waals surface area contributed by atoms with Gasteiger partial charge in [0.1, 0.15) is 0 Å². The van der Waals surface area contributed by atoms with Gasteiger partial charge < -0.3 is 10.1 Å². The Hall–Kier alpha value is -2.41. The van der Waals surface area contributed by atoms with Crippen LogP contribution < -0.4 is 5.32 Å². The first-order chi connectivity index (χ1) is 12.4. The largest absolute Gasteiger partial charge is 0.466 e. The van der Waals surface area contributed by atoms with Crippen LogP contribution in [0.2, 0.25) is 5.02 Å². The number of esters is 1. The maximum Gasteiger partial charge on any atom is 0.307 e. The zero-order valence-corrected chi connectivity index (χ0v) is 15.9.